The van der Waals surface area contributed by atoms with E-state index in [0.29, 0.717) is 18.8 Å². The average molecular weight is 239 g/mol. The number of imide groups is 1. The Hall–Kier alpha value is -1.89. The molecule has 0 spiro atoms. The minimum atomic E-state index is -0.694. The molecule has 1 atom stereocenters. The highest BCUT2D eigenvalue weighted by Gasteiger charge is 2.31. The molecule has 7 nitrogen and oxygen atoms in total. The van der Waals surface area contributed by atoms with Crippen molar-refractivity contribution in [2.75, 3.05) is 13.6 Å². The molecule has 17 heavy (non-hydrogen) atoms. The predicted molar refractivity (Wildman–Crippen MR) is 62.2 cm³/mol. The SMILES string of the molecule is CNCC(C)(NC(=O)NC=O)c1nccn1C. The first kappa shape index (κ1) is 13.2. The van der Waals surface area contributed by atoms with Crippen molar-refractivity contribution in [3.05, 3.63) is 18.2 Å². The van der Waals surface area contributed by atoms with Crippen LogP contribution in [-0.2, 0) is 17.4 Å². The Bertz CT molecular complexity index is 403. The topological polar surface area (TPSA) is 88.0 Å². The monoisotopic (exact) mass is 239 g/mol. The van der Waals surface area contributed by atoms with Gasteiger partial charge < -0.3 is 15.2 Å². The third-order valence-corrected chi connectivity index (χ3v) is 2.42. The first-order valence-electron chi connectivity index (χ1n) is 5.18. The summed E-state index contributed by atoms with van der Waals surface area (Å²) in [6, 6.07) is -0.555. The summed E-state index contributed by atoms with van der Waals surface area (Å²) in [5.74, 6) is 0.702. The zero-order chi connectivity index (χ0) is 12.9. The number of amides is 3. The number of hydrogen-bond donors (Lipinski definition) is 3. The lowest BCUT2D eigenvalue weighted by Gasteiger charge is -2.29. The van der Waals surface area contributed by atoms with Gasteiger partial charge in [0.2, 0.25) is 6.41 Å². The summed E-state index contributed by atoms with van der Waals surface area (Å²) in [7, 11) is 3.62. The van der Waals surface area contributed by atoms with Crippen molar-refractivity contribution in [3.8, 4) is 0 Å². The third kappa shape index (κ3) is 3.04. The van der Waals surface area contributed by atoms with Gasteiger partial charge >= 0.3 is 6.03 Å². The number of hydrogen-bond acceptors (Lipinski definition) is 4. The van der Waals surface area contributed by atoms with Gasteiger partial charge in [0.1, 0.15) is 11.4 Å². The van der Waals surface area contributed by atoms with Crippen molar-refractivity contribution >= 4 is 12.4 Å². The number of urea groups is 1. The summed E-state index contributed by atoms with van der Waals surface area (Å²) in [6.07, 6.45) is 3.79. The molecular weight excluding hydrogens is 222 g/mol. The van der Waals surface area contributed by atoms with Gasteiger partial charge in [0, 0.05) is 26.0 Å². The molecule has 0 saturated heterocycles. The van der Waals surface area contributed by atoms with Crippen LogP contribution < -0.4 is 16.0 Å². The fourth-order valence-electron chi connectivity index (χ4n) is 1.77. The normalized spacial score (nSPS) is 13.8. The number of rotatable bonds is 5. The second-order valence-electron chi connectivity index (χ2n) is 3.94. The highest BCUT2D eigenvalue weighted by Crippen LogP contribution is 2.17. The van der Waals surface area contributed by atoms with E-state index in [2.05, 4.69) is 15.6 Å². The van der Waals surface area contributed by atoms with Crippen molar-refractivity contribution < 1.29 is 9.59 Å². The minimum Gasteiger partial charge on any atom is -0.336 e. The second kappa shape index (κ2) is 5.44. The van der Waals surface area contributed by atoms with E-state index < -0.39 is 11.6 Å². The first-order chi connectivity index (χ1) is 8.03. The van der Waals surface area contributed by atoms with Gasteiger partial charge in [0.05, 0.1) is 0 Å². The van der Waals surface area contributed by atoms with Gasteiger partial charge in [-0.25, -0.2) is 9.78 Å². The number of aryl methyl sites for hydroxylation is 1. The molecule has 1 aromatic rings. The smallest absolute Gasteiger partial charge is 0.322 e. The van der Waals surface area contributed by atoms with Crippen molar-refractivity contribution in [1.29, 1.82) is 0 Å². The van der Waals surface area contributed by atoms with Crippen LogP contribution in [0.2, 0.25) is 0 Å². The molecule has 1 heterocycles. The summed E-state index contributed by atoms with van der Waals surface area (Å²) < 4.78 is 1.82. The Balaban J connectivity index is 2.93. The number of imidazole rings is 1. The summed E-state index contributed by atoms with van der Waals surface area (Å²) in [6.45, 7) is 2.32. The van der Waals surface area contributed by atoms with Crippen LogP contribution >= 0.6 is 0 Å². The molecule has 0 radical (unpaired) electrons. The van der Waals surface area contributed by atoms with Crippen LogP contribution in [-0.4, -0.2) is 35.6 Å². The van der Waals surface area contributed by atoms with Gasteiger partial charge in [0.15, 0.2) is 0 Å². The Kier molecular flexibility index (Phi) is 4.22. The van der Waals surface area contributed by atoms with E-state index in [1.54, 1.807) is 19.4 Å². The molecule has 0 aromatic carbocycles. The maximum atomic E-state index is 11.4. The number of carbonyl (C=O) groups is 2. The molecule has 1 rings (SSSR count). The van der Waals surface area contributed by atoms with Crippen LogP contribution in [0.15, 0.2) is 12.4 Å². The maximum absolute atomic E-state index is 11.4. The molecule has 3 N–H and O–H groups in total. The fourth-order valence-corrected chi connectivity index (χ4v) is 1.77. The van der Waals surface area contributed by atoms with E-state index in [4.69, 9.17) is 0 Å². The van der Waals surface area contributed by atoms with Crippen molar-refractivity contribution in [2.24, 2.45) is 7.05 Å². The van der Waals surface area contributed by atoms with E-state index in [0.717, 1.165) is 0 Å². The van der Waals surface area contributed by atoms with E-state index >= 15 is 0 Å². The van der Waals surface area contributed by atoms with Crippen LogP contribution in [0.5, 0.6) is 0 Å². The van der Waals surface area contributed by atoms with E-state index in [1.165, 1.54) is 0 Å². The lowest BCUT2D eigenvalue weighted by atomic mass is 10.0. The molecule has 0 aliphatic carbocycles. The minimum absolute atomic E-state index is 0.341. The molecule has 0 saturated carbocycles. The number of likely N-dealkylation sites (N-methyl/N-ethyl adjacent to an activating group) is 1. The molecule has 0 aliphatic heterocycles. The molecular formula is C10H17N5O2. The molecule has 1 unspecified atom stereocenters. The molecule has 7 heteroatoms. The maximum Gasteiger partial charge on any atom is 0.322 e. The number of nitrogens with zero attached hydrogens (tertiary/aromatic N) is 2. The van der Waals surface area contributed by atoms with Crippen LogP contribution in [0, 0.1) is 0 Å². The Morgan fingerprint density at radius 1 is 1.65 bits per heavy atom. The van der Waals surface area contributed by atoms with Gasteiger partial charge in [0.25, 0.3) is 0 Å². The Morgan fingerprint density at radius 3 is 2.82 bits per heavy atom. The van der Waals surface area contributed by atoms with E-state index in [1.807, 2.05) is 23.9 Å². The quantitative estimate of drug-likeness (QED) is 0.593. The van der Waals surface area contributed by atoms with Crippen molar-refractivity contribution in [1.82, 2.24) is 25.5 Å². The fraction of sp³-hybridized carbons (Fsp3) is 0.500. The van der Waals surface area contributed by atoms with Crippen LogP contribution in [0.1, 0.15) is 12.7 Å². The first-order valence-corrected chi connectivity index (χ1v) is 5.18. The molecule has 0 aliphatic rings. The van der Waals surface area contributed by atoms with Gasteiger partial charge in [-0.05, 0) is 14.0 Å². The zero-order valence-corrected chi connectivity index (χ0v) is 10.2. The average Bonchev–Trinajstić information content (AvgIpc) is 2.65. The highest BCUT2D eigenvalue weighted by molar-refractivity contribution is 5.84. The summed E-state index contributed by atoms with van der Waals surface area (Å²) in [5.41, 5.74) is -0.694. The second-order valence-corrected chi connectivity index (χ2v) is 3.94. The molecule has 3 amide bonds. The number of nitrogens with one attached hydrogen (secondary N) is 3. The third-order valence-electron chi connectivity index (χ3n) is 2.42. The lowest BCUT2D eigenvalue weighted by molar-refractivity contribution is -0.108. The van der Waals surface area contributed by atoms with Gasteiger partial charge in [-0.2, -0.15) is 0 Å². The van der Waals surface area contributed by atoms with Gasteiger partial charge in [-0.1, -0.05) is 0 Å². The van der Waals surface area contributed by atoms with E-state index in [-0.39, 0.29) is 0 Å². The molecule has 1 aromatic heterocycles. The largest absolute Gasteiger partial charge is 0.336 e. The highest BCUT2D eigenvalue weighted by atomic mass is 16.2. The number of aromatic nitrogens is 2. The van der Waals surface area contributed by atoms with Crippen LogP contribution in [0.3, 0.4) is 0 Å². The number of carbonyl (C=O) groups excluding carboxylic acids is 2. The van der Waals surface area contributed by atoms with E-state index in [9.17, 15) is 9.59 Å². The van der Waals surface area contributed by atoms with Gasteiger partial charge in [-0.3, -0.25) is 10.1 Å². The summed E-state index contributed by atoms with van der Waals surface area (Å²) >= 11 is 0. The molecule has 94 valence electrons. The van der Waals surface area contributed by atoms with Crippen molar-refractivity contribution in [2.45, 2.75) is 12.5 Å². The Morgan fingerprint density at radius 2 is 2.35 bits per heavy atom. The Labute approximate surface area is 99.6 Å². The van der Waals surface area contributed by atoms with Crippen LogP contribution in [0.4, 0.5) is 4.79 Å². The zero-order valence-electron chi connectivity index (χ0n) is 10.2. The van der Waals surface area contributed by atoms with Gasteiger partial charge in [-0.15, -0.1) is 0 Å². The predicted octanol–water partition coefficient (Wildman–Crippen LogP) is -0.690. The lowest BCUT2D eigenvalue weighted by Crippen LogP contribution is -2.53. The molecule has 0 bridgehead atoms. The summed E-state index contributed by atoms with van der Waals surface area (Å²) in [5, 5.41) is 7.74. The standard InChI is InChI=1S/C10H17N5O2/c1-10(6-11-2,14-9(17)13-7-16)8-12-4-5-15(8)3/h4-5,7,11H,6H2,1-3H3,(H2,13,14,16,17). The van der Waals surface area contributed by atoms with Crippen LogP contribution in [0.25, 0.3) is 0 Å². The molecule has 0 fully saturated rings. The van der Waals surface area contributed by atoms with Crippen molar-refractivity contribution in [3.63, 3.8) is 0 Å². The summed E-state index contributed by atoms with van der Waals surface area (Å²) in [4.78, 5) is 25.8.